The molecule has 1 unspecified atom stereocenters. The largest absolute Gasteiger partial charge is 0.450 e. The van der Waals surface area contributed by atoms with Gasteiger partial charge in [0, 0.05) is 10.6 Å². The first-order valence-corrected chi connectivity index (χ1v) is 15.3. The molecular weight excluding hydrogens is 594 g/mol. The summed E-state index contributed by atoms with van der Waals surface area (Å²) in [5.74, 6) is -1.16. The van der Waals surface area contributed by atoms with E-state index in [1.165, 1.54) is 16.2 Å². The number of thiazole rings is 1. The summed E-state index contributed by atoms with van der Waals surface area (Å²) in [5, 5.41) is 1.12. The molecule has 0 radical (unpaired) electrons. The predicted octanol–water partition coefficient (Wildman–Crippen LogP) is 7.43. The number of hydrogen-bond donors (Lipinski definition) is 0. The van der Waals surface area contributed by atoms with Crippen molar-refractivity contribution < 1.29 is 14.0 Å². The van der Waals surface area contributed by atoms with Gasteiger partial charge in [-0.05, 0) is 73.9 Å². The highest BCUT2D eigenvalue weighted by Crippen LogP contribution is 2.55. The van der Waals surface area contributed by atoms with Gasteiger partial charge >= 0.3 is 0 Å². The fraction of sp³-hybridized carbons (Fsp3) is 0.143. The third-order valence-electron chi connectivity index (χ3n) is 8.73. The van der Waals surface area contributed by atoms with E-state index in [4.69, 9.17) is 21.0 Å². The van der Waals surface area contributed by atoms with Crippen LogP contribution in [0.15, 0.2) is 88.1 Å². The van der Waals surface area contributed by atoms with Gasteiger partial charge in [-0.25, -0.2) is 4.98 Å². The smallest absolute Gasteiger partial charge is 0.297 e. The number of benzene rings is 4. The molecule has 2 aliphatic rings. The highest BCUT2D eigenvalue weighted by molar-refractivity contribution is 7.22. The molecule has 44 heavy (non-hydrogen) atoms. The van der Waals surface area contributed by atoms with Crippen LogP contribution in [0.2, 0.25) is 5.02 Å². The molecule has 0 N–H and O–H groups in total. The van der Waals surface area contributed by atoms with Gasteiger partial charge < -0.3 is 9.32 Å². The van der Waals surface area contributed by atoms with E-state index in [1.54, 1.807) is 35.2 Å². The zero-order valence-corrected chi connectivity index (χ0v) is 25.5. The van der Waals surface area contributed by atoms with Crippen molar-refractivity contribution in [2.24, 2.45) is 0 Å². The first-order chi connectivity index (χ1) is 21.2. The van der Waals surface area contributed by atoms with Crippen molar-refractivity contribution in [2.45, 2.75) is 32.9 Å². The summed E-state index contributed by atoms with van der Waals surface area (Å²) in [5.41, 5.74) is 3.69. The molecule has 0 saturated heterocycles. The van der Waals surface area contributed by atoms with Crippen molar-refractivity contribution in [3.8, 4) is 0 Å². The van der Waals surface area contributed by atoms with Crippen LogP contribution in [0.3, 0.4) is 0 Å². The van der Waals surface area contributed by atoms with Gasteiger partial charge in [0.2, 0.25) is 5.76 Å². The number of anilines is 2. The molecule has 6 aromatic rings. The Kier molecular flexibility index (Phi) is 5.70. The summed E-state index contributed by atoms with van der Waals surface area (Å²) in [7, 11) is 0. The van der Waals surface area contributed by atoms with Crippen LogP contribution in [0.4, 0.5) is 10.8 Å². The van der Waals surface area contributed by atoms with Gasteiger partial charge in [-0.2, -0.15) is 0 Å². The lowest BCUT2D eigenvalue weighted by Crippen LogP contribution is -2.53. The molecule has 0 fully saturated rings. The molecule has 8 rings (SSSR count). The Morgan fingerprint density at radius 1 is 0.909 bits per heavy atom. The highest BCUT2D eigenvalue weighted by Gasteiger charge is 2.66. The highest BCUT2D eigenvalue weighted by atomic mass is 35.5. The Labute approximate surface area is 260 Å². The molecule has 7 nitrogen and oxygen atoms in total. The van der Waals surface area contributed by atoms with E-state index in [0.717, 1.165) is 27.0 Å². The average Bonchev–Trinajstić information content (AvgIpc) is 3.61. The van der Waals surface area contributed by atoms with E-state index in [-0.39, 0.29) is 23.0 Å². The SMILES string of the molecule is Cc1ccc(CN2C(=O)C3(c4ccccc42)c2c(oc4cc(C)c(C)cc4c2=O)C(=O)N3c2nc3ccc(Cl)cc3s2)cc1. The van der Waals surface area contributed by atoms with Crippen molar-refractivity contribution in [3.05, 3.63) is 133 Å². The third-order valence-corrected chi connectivity index (χ3v) is 9.97. The number of carbonyl (C=O) groups excluding carboxylic acids is 2. The minimum Gasteiger partial charge on any atom is -0.450 e. The van der Waals surface area contributed by atoms with Crippen molar-refractivity contribution in [2.75, 3.05) is 9.80 Å². The van der Waals surface area contributed by atoms with Crippen LogP contribution < -0.4 is 15.2 Å². The number of rotatable bonds is 3. The average molecular weight is 618 g/mol. The molecule has 9 heteroatoms. The van der Waals surface area contributed by atoms with Crippen LogP contribution >= 0.6 is 22.9 Å². The maximum Gasteiger partial charge on any atom is 0.297 e. The summed E-state index contributed by atoms with van der Waals surface area (Å²) in [6, 6.07) is 24.1. The lowest BCUT2D eigenvalue weighted by atomic mass is 9.84. The van der Waals surface area contributed by atoms with E-state index in [2.05, 4.69) is 0 Å². The number of nitrogens with zero attached hydrogens (tertiary/aromatic N) is 3. The minimum atomic E-state index is -1.82. The molecule has 1 atom stereocenters. The number of fused-ring (bicyclic) bond motifs is 6. The van der Waals surface area contributed by atoms with E-state index < -0.39 is 22.8 Å². The van der Waals surface area contributed by atoms with Crippen LogP contribution in [-0.4, -0.2) is 16.8 Å². The maximum atomic E-state index is 15.1. The summed E-state index contributed by atoms with van der Waals surface area (Å²) >= 11 is 7.53. The number of amides is 2. The lowest BCUT2D eigenvalue weighted by molar-refractivity contribution is -0.121. The fourth-order valence-electron chi connectivity index (χ4n) is 6.43. The number of para-hydroxylation sites is 1. The molecule has 2 aromatic heterocycles. The normalized spacial score (nSPS) is 17.4. The quantitative estimate of drug-likeness (QED) is 0.206. The number of halogens is 1. The van der Waals surface area contributed by atoms with Gasteiger partial charge in [0.15, 0.2) is 16.1 Å². The summed E-state index contributed by atoms with van der Waals surface area (Å²) in [4.78, 5) is 52.1. The van der Waals surface area contributed by atoms with Gasteiger partial charge in [0.05, 0.1) is 33.4 Å². The Morgan fingerprint density at radius 2 is 1.66 bits per heavy atom. The second-order valence-electron chi connectivity index (χ2n) is 11.4. The fourth-order valence-corrected chi connectivity index (χ4v) is 7.73. The van der Waals surface area contributed by atoms with Crippen LogP contribution in [-0.2, 0) is 16.9 Å². The molecule has 4 heterocycles. The van der Waals surface area contributed by atoms with E-state index >= 15 is 4.79 Å². The molecule has 216 valence electrons. The lowest BCUT2D eigenvalue weighted by Gasteiger charge is -2.32. The Hall–Kier alpha value is -4.79. The van der Waals surface area contributed by atoms with Gasteiger partial charge in [0.25, 0.3) is 11.8 Å². The Morgan fingerprint density at radius 3 is 2.45 bits per heavy atom. The zero-order chi connectivity index (χ0) is 30.5. The number of carbonyl (C=O) groups is 2. The third kappa shape index (κ3) is 3.55. The minimum absolute atomic E-state index is 0.0133. The summed E-state index contributed by atoms with van der Waals surface area (Å²) in [6.45, 7) is 6.09. The van der Waals surface area contributed by atoms with Crippen molar-refractivity contribution in [1.29, 1.82) is 0 Å². The molecule has 4 aromatic carbocycles. The van der Waals surface area contributed by atoms with E-state index in [9.17, 15) is 9.59 Å². The molecular formula is C35H24ClN3O4S. The van der Waals surface area contributed by atoms with Crippen LogP contribution in [0.1, 0.15) is 43.9 Å². The molecule has 1 spiro atoms. The van der Waals surface area contributed by atoms with Crippen molar-refractivity contribution >= 4 is 66.8 Å². The van der Waals surface area contributed by atoms with Gasteiger partial charge in [0.1, 0.15) is 5.58 Å². The number of aromatic nitrogens is 1. The summed E-state index contributed by atoms with van der Waals surface area (Å²) in [6.07, 6.45) is 0. The standard InChI is InChI=1S/C35H24ClN3O4S/c1-18-8-10-21(11-9-18)17-38-26-7-5-4-6-24(26)35(33(38)42)29-30(40)23-14-19(2)20(3)15-27(23)43-31(29)32(41)39(35)34-37-25-13-12-22(36)16-28(25)44-34/h4-16H,17H2,1-3H3. The number of aryl methyl sites for hydroxylation is 3. The Bertz CT molecular complexity index is 2290. The van der Waals surface area contributed by atoms with Gasteiger partial charge in [-0.15, -0.1) is 0 Å². The zero-order valence-electron chi connectivity index (χ0n) is 24.0. The van der Waals surface area contributed by atoms with Crippen LogP contribution in [0, 0.1) is 20.8 Å². The monoisotopic (exact) mass is 617 g/mol. The Balaban J connectivity index is 1.45. The molecule has 0 saturated carbocycles. The molecule has 2 amide bonds. The molecule has 0 bridgehead atoms. The van der Waals surface area contributed by atoms with Crippen molar-refractivity contribution in [1.82, 2.24) is 4.98 Å². The van der Waals surface area contributed by atoms with Crippen molar-refractivity contribution in [3.63, 3.8) is 0 Å². The number of hydrogen-bond acceptors (Lipinski definition) is 6. The first-order valence-electron chi connectivity index (χ1n) is 14.1. The second-order valence-corrected chi connectivity index (χ2v) is 12.9. The van der Waals surface area contributed by atoms with E-state index in [1.807, 2.05) is 69.3 Å². The molecule has 0 aliphatic carbocycles. The maximum absolute atomic E-state index is 15.1. The van der Waals surface area contributed by atoms with Crippen LogP contribution in [0.5, 0.6) is 0 Å². The topological polar surface area (TPSA) is 83.7 Å². The van der Waals surface area contributed by atoms with Crippen LogP contribution in [0.25, 0.3) is 21.2 Å². The second kappa shape index (κ2) is 9.35. The van der Waals surface area contributed by atoms with E-state index in [0.29, 0.717) is 32.8 Å². The predicted molar refractivity (Wildman–Crippen MR) is 173 cm³/mol. The first kappa shape index (κ1) is 26.8. The van der Waals surface area contributed by atoms with Gasteiger partial charge in [-0.3, -0.25) is 19.3 Å². The summed E-state index contributed by atoms with van der Waals surface area (Å²) < 4.78 is 7.04. The molecule has 2 aliphatic heterocycles. The van der Waals surface area contributed by atoms with Gasteiger partial charge in [-0.1, -0.05) is 71.0 Å².